The quantitative estimate of drug-likeness (QED) is 0.556. The molecule has 0 aliphatic heterocycles. The summed E-state index contributed by atoms with van der Waals surface area (Å²) in [5, 5.41) is 5.60. The summed E-state index contributed by atoms with van der Waals surface area (Å²) in [7, 11) is 0. The van der Waals surface area contributed by atoms with E-state index in [0.29, 0.717) is 17.9 Å². The van der Waals surface area contributed by atoms with E-state index in [1.165, 1.54) is 6.07 Å². The third-order valence-corrected chi connectivity index (χ3v) is 4.22. The normalized spacial score (nSPS) is 10.8. The van der Waals surface area contributed by atoms with Crippen LogP contribution in [-0.2, 0) is 6.61 Å². The number of alkyl halides is 2. The third-order valence-electron chi connectivity index (χ3n) is 3.70. The average molecular weight is 373 g/mol. The van der Waals surface area contributed by atoms with E-state index in [0.717, 1.165) is 28.0 Å². The summed E-state index contributed by atoms with van der Waals surface area (Å²) in [6.45, 7) is -2.52. The highest BCUT2D eigenvalue weighted by Gasteiger charge is 2.13. The number of ether oxygens (including phenoxy) is 2. The molecule has 0 aliphatic rings. The SMILES string of the molecule is NSc1cccc(-c2cc(OCc3ccccc3)ccc2OC(F)F)c1. The summed E-state index contributed by atoms with van der Waals surface area (Å²) in [6.07, 6.45) is 0. The molecule has 134 valence electrons. The molecule has 3 rings (SSSR count). The average Bonchev–Trinajstić information content (AvgIpc) is 2.67. The second-order valence-electron chi connectivity index (χ2n) is 5.46. The zero-order valence-corrected chi connectivity index (χ0v) is 14.6. The van der Waals surface area contributed by atoms with E-state index < -0.39 is 6.61 Å². The highest BCUT2D eigenvalue weighted by atomic mass is 32.2. The first kappa shape index (κ1) is 18.2. The summed E-state index contributed by atoms with van der Waals surface area (Å²) < 4.78 is 36.0. The van der Waals surface area contributed by atoms with E-state index >= 15 is 0 Å². The molecule has 6 heteroatoms. The summed E-state index contributed by atoms with van der Waals surface area (Å²) in [5.74, 6) is 0.655. The van der Waals surface area contributed by atoms with Crippen LogP contribution in [-0.4, -0.2) is 6.61 Å². The number of hydrogen-bond acceptors (Lipinski definition) is 4. The Balaban J connectivity index is 1.90. The van der Waals surface area contributed by atoms with Gasteiger partial charge in [0.1, 0.15) is 18.1 Å². The van der Waals surface area contributed by atoms with Gasteiger partial charge in [-0.15, -0.1) is 0 Å². The van der Waals surface area contributed by atoms with E-state index in [9.17, 15) is 8.78 Å². The van der Waals surface area contributed by atoms with Crippen LogP contribution in [0, 0.1) is 0 Å². The first-order chi connectivity index (χ1) is 12.7. The lowest BCUT2D eigenvalue weighted by molar-refractivity contribution is -0.0494. The lowest BCUT2D eigenvalue weighted by Gasteiger charge is -2.14. The molecule has 0 heterocycles. The Morgan fingerprint density at radius 2 is 1.73 bits per heavy atom. The van der Waals surface area contributed by atoms with Gasteiger partial charge in [0.15, 0.2) is 0 Å². The Kier molecular flexibility index (Phi) is 6.09. The third kappa shape index (κ3) is 4.74. The molecular formula is C20H17F2NO2S. The number of benzene rings is 3. The van der Waals surface area contributed by atoms with Gasteiger partial charge in [0.25, 0.3) is 0 Å². The number of hydrogen-bond donors (Lipinski definition) is 1. The van der Waals surface area contributed by atoms with Gasteiger partial charge < -0.3 is 9.47 Å². The first-order valence-corrected chi connectivity index (χ1v) is 8.76. The molecule has 26 heavy (non-hydrogen) atoms. The zero-order chi connectivity index (χ0) is 18.4. The van der Waals surface area contributed by atoms with Crippen LogP contribution in [0.15, 0.2) is 77.7 Å². The van der Waals surface area contributed by atoms with Crippen molar-refractivity contribution >= 4 is 11.9 Å². The molecule has 0 radical (unpaired) electrons. The molecule has 0 unspecified atom stereocenters. The highest BCUT2D eigenvalue weighted by Crippen LogP contribution is 2.36. The smallest absolute Gasteiger partial charge is 0.387 e. The summed E-state index contributed by atoms with van der Waals surface area (Å²) >= 11 is 1.09. The van der Waals surface area contributed by atoms with Crippen molar-refractivity contribution in [2.24, 2.45) is 5.14 Å². The molecule has 0 aliphatic carbocycles. The van der Waals surface area contributed by atoms with Gasteiger partial charge in [-0.2, -0.15) is 8.78 Å². The molecule has 0 saturated heterocycles. The molecule has 0 spiro atoms. The Labute approximate surface area is 154 Å². The van der Waals surface area contributed by atoms with Crippen LogP contribution in [0.3, 0.4) is 0 Å². The molecule has 0 fully saturated rings. The molecular weight excluding hydrogens is 356 g/mol. The van der Waals surface area contributed by atoms with Gasteiger partial charge in [0.05, 0.1) is 0 Å². The first-order valence-electron chi connectivity index (χ1n) is 7.88. The van der Waals surface area contributed by atoms with Crippen LogP contribution in [0.1, 0.15) is 5.56 Å². The molecule has 0 atom stereocenters. The minimum Gasteiger partial charge on any atom is -0.489 e. The van der Waals surface area contributed by atoms with Crippen LogP contribution in [0.25, 0.3) is 11.1 Å². The maximum absolute atomic E-state index is 12.8. The van der Waals surface area contributed by atoms with E-state index in [4.69, 9.17) is 9.88 Å². The van der Waals surface area contributed by atoms with Gasteiger partial charge in [-0.3, -0.25) is 5.14 Å². The number of halogens is 2. The molecule has 3 aromatic carbocycles. The summed E-state index contributed by atoms with van der Waals surface area (Å²) in [5.41, 5.74) is 2.26. The van der Waals surface area contributed by atoms with Crippen LogP contribution >= 0.6 is 11.9 Å². The Morgan fingerprint density at radius 1 is 0.923 bits per heavy atom. The van der Waals surface area contributed by atoms with E-state index in [2.05, 4.69) is 4.74 Å². The predicted octanol–water partition coefficient (Wildman–Crippen LogP) is 5.50. The highest BCUT2D eigenvalue weighted by molar-refractivity contribution is 7.97. The number of nitrogens with two attached hydrogens (primary N) is 1. The van der Waals surface area contributed by atoms with Crippen LogP contribution < -0.4 is 14.6 Å². The lowest BCUT2D eigenvalue weighted by Crippen LogP contribution is -2.04. The molecule has 3 aromatic rings. The monoisotopic (exact) mass is 373 g/mol. The van der Waals surface area contributed by atoms with E-state index in [1.54, 1.807) is 12.1 Å². The van der Waals surface area contributed by atoms with Gasteiger partial charge in [-0.05, 0) is 53.4 Å². The maximum atomic E-state index is 12.8. The van der Waals surface area contributed by atoms with Crippen molar-refractivity contribution in [3.63, 3.8) is 0 Å². The van der Waals surface area contributed by atoms with Gasteiger partial charge in [0.2, 0.25) is 0 Å². The minimum atomic E-state index is -2.91. The minimum absolute atomic E-state index is 0.0891. The molecule has 0 aromatic heterocycles. The van der Waals surface area contributed by atoms with Crippen molar-refractivity contribution in [3.05, 3.63) is 78.4 Å². The van der Waals surface area contributed by atoms with E-state index in [1.807, 2.05) is 54.6 Å². The van der Waals surface area contributed by atoms with Crippen molar-refractivity contribution in [3.8, 4) is 22.6 Å². The Bertz CT molecular complexity index is 859. The van der Waals surface area contributed by atoms with Crippen LogP contribution in [0.4, 0.5) is 8.78 Å². The van der Waals surface area contributed by atoms with Crippen molar-refractivity contribution in [1.29, 1.82) is 0 Å². The van der Waals surface area contributed by atoms with Crippen molar-refractivity contribution in [1.82, 2.24) is 0 Å². The van der Waals surface area contributed by atoms with Crippen LogP contribution in [0.2, 0.25) is 0 Å². The van der Waals surface area contributed by atoms with Crippen LogP contribution in [0.5, 0.6) is 11.5 Å². The van der Waals surface area contributed by atoms with Gasteiger partial charge >= 0.3 is 6.61 Å². The molecule has 0 bridgehead atoms. The zero-order valence-electron chi connectivity index (χ0n) is 13.8. The predicted molar refractivity (Wildman–Crippen MR) is 99.3 cm³/mol. The summed E-state index contributed by atoms with van der Waals surface area (Å²) in [4.78, 5) is 0.820. The largest absolute Gasteiger partial charge is 0.489 e. The molecule has 3 nitrogen and oxygen atoms in total. The van der Waals surface area contributed by atoms with Gasteiger partial charge in [0, 0.05) is 10.5 Å². The number of rotatable bonds is 7. The molecule has 0 saturated carbocycles. The van der Waals surface area contributed by atoms with Gasteiger partial charge in [-0.1, -0.05) is 42.5 Å². The van der Waals surface area contributed by atoms with Gasteiger partial charge in [-0.25, -0.2) is 0 Å². The molecule has 2 N–H and O–H groups in total. The molecule has 0 amide bonds. The topological polar surface area (TPSA) is 44.5 Å². The second kappa shape index (κ2) is 8.69. The maximum Gasteiger partial charge on any atom is 0.387 e. The Morgan fingerprint density at radius 3 is 2.46 bits per heavy atom. The Hall–Kier alpha value is -2.57. The van der Waals surface area contributed by atoms with Crippen molar-refractivity contribution in [2.45, 2.75) is 18.1 Å². The summed E-state index contributed by atoms with van der Waals surface area (Å²) in [6, 6.07) is 21.8. The standard InChI is InChI=1S/C20H17F2NO2S/c21-20(22)25-19-10-9-16(24-13-14-5-2-1-3-6-14)12-18(19)15-7-4-8-17(11-15)26-23/h1-12,20H,13,23H2. The fraction of sp³-hybridized carbons (Fsp3) is 0.100. The van der Waals surface area contributed by atoms with Crippen molar-refractivity contribution < 1.29 is 18.3 Å². The lowest BCUT2D eigenvalue weighted by atomic mass is 10.0. The second-order valence-corrected chi connectivity index (χ2v) is 6.16. The fourth-order valence-electron chi connectivity index (χ4n) is 2.50. The van der Waals surface area contributed by atoms with E-state index in [-0.39, 0.29) is 5.75 Å². The van der Waals surface area contributed by atoms with Crippen molar-refractivity contribution in [2.75, 3.05) is 0 Å². The fourth-order valence-corrected chi connectivity index (χ4v) is 2.85.